The fraction of sp³-hybridized carbons (Fsp3) is 0.909. The number of nitrogens with two attached hydrogens (primary N) is 1. The minimum absolute atomic E-state index is 0.455. The first-order valence-electron chi connectivity index (χ1n) is 6.07. The summed E-state index contributed by atoms with van der Waals surface area (Å²) in [6.45, 7) is 6.42. The Morgan fingerprint density at radius 1 is 1.29 bits per heavy atom. The number of hydrogen-bond acceptors (Lipinski definition) is 5. The van der Waals surface area contributed by atoms with Crippen LogP contribution in [0.5, 0.6) is 0 Å². The van der Waals surface area contributed by atoms with E-state index in [1.54, 1.807) is 0 Å². The molecule has 0 radical (unpaired) electrons. The van der Waals surface area contributed by atoms with Crippen molar-refractivity contribution in [1.82, 2.24) is 14.7 Å². The summed E-state index contributed by atoms with van der Waals surface area (Å²) in [6, 6.07) is -0.761. The van der Waals surface area contributed by atoms with Gasteiger partial charge in [0, 0.05) is 45.8 Å². The van der Waals surface area contributed by atoms with Crippen LogP contribution in [0.15, 0.2) is 0 Å². The molecule has 0 saturated carbocycles. The summed E-state index contributed by atoms with van der Waals surface area (Å²) in [4.78, 5) is 17.4. The molecular formula is C11H24N4O2. The van der Waals surface area contributed by atoms with E-state index in [0.29, 0.717) is 6.54 Å². The minimum atomic E-state index is -0.917. The van der Waals surface area contributed by atoms with Gasteiger partial charge in [0.25, 0.3) is 0 Å². The van der Waals surface area contributed by atoms with Gasteiger partial charge in [-0.15, -0.1) is 0 Å². The summed E-state index contributed by atoms with van der Waals surface area (Å²) >= 11 is 0. The van der Waals surface area contributed by atoms with Gasteiger partial charge in [-0.1, -0.05) is 0 Å². The van der Waals surface area contributed by atoms with E-state index in [1.165, 1.54) is 0 Å². The molecular weight excluding hydrogens is 220 g/mol. The monoisotopic (exact) mass is 244 g/mol. The highest BCUT2D eigenvalue weighted by atomic mass is 16.4. The van der Waals surface area contributed by atoms with Crippen LogP contribution >= 0.6 is 0 Å². The van der Waals surface area contributed by atoms with Gasteiger partial charge in [0.1, 0.15) is 6.04 Å². The van der Waals surface area contributed by atoms with Crippen LogP contribution in [0, 0.1) is 0 Å². The van der Waals surface area contributed by atoms with E-state index in [1.807, 2.05) is 0 Å². The van der Waals surface area contributed by atoms with Crippen molar-refractivity contribution in [3.05, 3.63) is 0 Å². The van der Waals surface area contributed by atoms with Gasteiger partial charge in [0.05, 0.1) is 0 Å². The first-order chi connectivity index (χ1) is 7.99. The predicted octanol–water partition coefficient (Wildman–Crippen LogP) is -1.42. The molecule has 3 N–H and O–H groups in total. The van der Waals surface area contributed by atoms with Crippen molar-refractivity contribution < 1.29 is 9.90 Å². The Labute approximate surface area is 103 Å². The third-order valence-electron chi connectivity index (χ3n) is 3.10. The summed E-state index contributed by atoms with van der Waals surface area (Å²) in [5, 5.41) is 8.74. The first-order valence-corrected chi connectivity index (χ1v) is 6.07. The molecule has 100 valence electrons. The molecule has 0 aromatic rings. The van der Waals surface area contributed by atoms with Crippen LogP contribution < -0.4 is 5.73 Å². The van der Waals surface area contributed by atoms with Crippen LogP contribution in [0.2, 0.25) is 0 Å². The molecule has 1 aliphatic heterocycles. The summed E-state index contributed by atoms with van der Waals surface area (Å²) < 4.78 is 0. The second-order valence-corrected chi connectivity index (χ2v) is 4.89. The minimum Gasteiger partial charge on any atom is -0.480 e. The van der Waals surface area contributed by atoms with Crippen molar-refractivity contribution in [2.45, 2.75) is 6.04 Å². The number of carboxylic acids is 1. The van der Waals surface area contributed by atoms with Gasteiger partial charge in [-0.25, -0.2) is 0 Å². The molecule has 1 heterocycles. The van der Waals surface area contributed by atoms with E-state index in [-0.39, 0.29) is 0 Å². The van der Waals surface area contributed by atoms with E-state index >= 15 is 0 Å². The van der Waals surface area contributed by atoms with Crippen LogP contribution in [0.25, 0.3) is 0 Å². The zero-order valence-corrected chi connectivity index (χ0v) is 10.8. The average Bonchev–Trinajstić information content (AvgIpc) is 2.28. The zero-order chi connectivity index (χ0) is 12.8. The second kappa shape index (κ2) is 6.90. The lowest BCUT2D eigenvalue weighted by molar-refractivity contribution is -0.139. The van der Waals surface area contributed by atoms with Gasteiger partial charge in [-0.05, 0) is 14.1 Å². The predicted molar refractivity (Wildman–Crippen MR) is 67.0 cm³/mol. The Morgan fingerprint density at radius 2 is 1.82 bits per heavy atom. The van der Waals surface area contributed by atoms with Crippen molar-refractivity contribution >= 4 is 5.97 Å². The normalized spacial score (nSPS) is 20.7. The van der Waals surface area contributed by atoms with Crippen LogP contribution in [-0.2, 0) is 4.79 Å². The van der Waals surface area contributed by atoms with Crippen molar-refractivity contribution in [2.24, 2.45) is 5.73 Å². The first kappa shape index (κ1) is 14.4. The van der Waals surface area contributed by atoms with Gasteiger partial charge in [0.15, 0.2) is 0 Å². The molecule has 17 heavy (non-hydrogen) atoms. The molecule has 1 unspecified atom stereocenters. The SMILES string of the molecule is CN(C)CCN1CCN(CC(N)C(=O)O)CC1. The molecule has 0 aliphatic carbocycles. The maximum Gasteiger partial charge on any atom is 0.321 e. The maximum absolute atomic E-state index is 10.6. The zero-order valence-electron chi connectivity index (χ0n) is 10.8. The molecule has 0 spiro atoms. The quantitative estimate of drug-likeness (QED) is 0.597. The Balaban J connectivity index is 2.19. The van der Waals surface area contributed by atoms with Crippen LogP contribution in [0.3, 0.4) is 0 Å². The van der Waals surface area contributed by atoms with Crippen LogP contribution in [0.4, 0.5) is 0 Å². The number of carboxylic acid groups (broad SMARTS) is 1. The van der Waals surface area contributed by atoms with Gasteiger partial charge in [-0.3, -0.25) is 14.6 Å². The lowest BCUT2D eigenvalue weighted by Crippen LogP contribution is -2.52. The smallest absolute Gasteiger partial charge is 0.321 e. The molecule has 0 bridgehead atoms. The summed E-state index contributed by atoms with van der Waals surface area (Å²) in [6.07, 6.45) is 0. The standard InChI is InChI=1S/C11H24N4O2/c1-13(2)3-4-14-5-7-15(8-6-14)9-10(12)11(16)17/h10H,3-9,12H2,1-2H3,(H,16,17). The number of hydrogen-bond donors (Lipinski definition) is 2. The van der Waals surface area contributed by atoms with Crippen molar-refractivity contribution in [3.8, 4) is 0 Å². The number of aliphatic carboxylic acids is 1. The van der Waals surface area contributed by atoms with Gasteiger partial charge in [0.2, 0.25) is 0 Å². The third kappa shape index (κ3) is 5.45. The molecule has 1 aliphatic rings. The summed E-state index contributed by atoms with van der Waals surface area (Å²) in [5.41, 5.74) is 5.52. The van der Waals surface area contributed by atoms with Gasteiger partial charge >= 0.3 is 5.97 Å². The Kier molecular flexibility index (Phi) is 5.84. The molecule has 1 atom stereocenters. The number of nitrogens with zero attached hydrogens (tertiary/aromatic N) is 3. The Hall–Kier alpha value is -0.690. The fourth-order valence-corrected chi connectivity index (χ4v) is 1.89. The van der Waals surface area contributed by atoms with Crippen molar-refractivity contribution in [3.63, 3.8) is 0 Å². The second-order valence-electron chi connectivity index (χ2n) is 4.89. The Morgan fingerprint density at radius 3 is 2.29 bits per heavy atom. The molecule has 1 saturated heterocycles. The molecule has 1 rings (SSSR count). The summed E-state index contributed by atoms with van der Waals surface area (Å²) in [7, 11) is 4.14. The van der Waals surface area contributed by atoms with E-state index in [9.17, 15) is 4.79 Å². The number of likely N-dealkylation sites (N-methyl/N-ethyl adjacent to an activating group) is 1. The largest absolute Gasteiger partial charge is 0.480 e. The molecule has 1 fully saturated rings. The summed E-state index contributed by atoms with van der Waals surface area (Å²) in [5.74, 6) is -0.917. The molecule has 0 aromatic heterocycles. The Bertz CT molecular complexity index is 240. The molecule has 0 amide bonds. The third-order valence-corrected chi connectivity index (χ3v) is 3.10. The number of rotatable bonds is 6. The average molecular weight is 244 g/mol. The lowest BCUT2D eigenvalue weighted by atomic mass is 10.2. The lowest BCUT2D eigenvalue weighted by Gasteiger charge is -2.35. The fourth-order valence-electron chi connectivity index (χ4n) is 1.89. The van der Waals surface area contributed by atoms with Crippen molar-refractivity contribution in [2.75, 3.05) is 59.9 Å². The number of piperazine rings is 1. The number of carbonyl (C=O) groups is 1. The topological polar surface area (TPSA) is 73.0 Å². The van der Waals surface area contributed by atoms with E-state index in [2.05, 4.69) is 28.8 Å². The van der Waals surface area contributed by atoms with Gasteiger partial charge < -0.3 is 15.7 Å². The van der Waals surface area contributed by atoms with Crippen molar-refractivity contribution in [1.29, 1.82) is 0 Å². The highest BCUT2D eigenvalue weighted by Gasteiger charge is 2.21. The highest BCUT2D eigenvalue weighted by molar-refractivity contribution is 5.73. The molecule has 6 heteroatoms. The molecule has 0 aromatic carbocycles. The van der Waals surface area contributed by atoms with E-state index in [0.717, 1.165) is 39.3 Å². The van der Waals surface area contributed by atoms with E-state index < -0.39 is 12.0 Å². The van der Waals surface area contributed by atoms with Crippen LogP contribution in [0.1, 0.15) is 0 Å². The van der Waals surface area contributed by atoms with Crippen LogP contribution in [-0.4, -0.2) is 91.7 Å². The highest BCUT2D eigenvalue weighted by Crippen LogP contribution is 2.02. The molecule has 6 nitrogen and oxygen atoms in total. The maximum atomic E-state index is 10.6. The van der Waals surface area contributed by atoms with Gasteiger partial charge in [-0.2, -0.15) is 0 Å². The van der Waals surface area contributed by atoms with E-state index in [4.69, 9.17) is 10.8 Å².